The number of ether oxygens (including phenoxy) is 1. The van der Waals surface area contributed by atoms with Crippen molar-refractivity contribution in [2.24, 2.45) is 10.7 Å². The van der Waals surface area contributed by atoms with Gasteiger partial charge >= 0.3 is 0 Å². The Hall–Kier alpha value is -2.61. The lowest BCUT2D eigenvalue weighted by Gasteiger charge is -2.30. The minimum absolute atomic E-state index is 0.0187. The Kier molecular flexibility index (Phi) is 4.15. The molecule has 1 amide bonds. The molecule has 0 radical (unpaired) electrons. The topological polar surface area (TPSA) is 94.5 Å². The lowest BCUT2D eigenvalue weighted by atomic mass is 9.88. The fraction of sp³-hybridized carbons (Fsp3) is 0.267. The van der Waals surface area contributed by atoms with Crippen molar-refractivity contribution in [3.8, 4) is 0 Å². The molecule has 0 saturated heterocycles. The first-order valence-electron chi connectivity index (χ1n) is 7.19. The summed E-state index contributed by atoms with van der Waals surface area (Å²) in [6.07, 6.45) is 1.91. The lowest BCUT2D eigenvalue weighted by Crippen LogP contribution is -2.34. The number of hydrogen-bond donors (Lipinski definition) is 2. The van der Waals surface area contributed by atoms with E-state index in [-0.39, 0.29) is 11.7 Å². The molecule has 126 valence electrons. The zero-order valence-corrected chi connectivity index (χ0v) is 13.5. The molecule has 1 aliphatic heterocycles. The Morgan fingerprint density at radius 1 is 1.50 bits per heavy atom. The Morgan fingerprint density at radius 3 is 2.96 bits per heavy atom. The minimum Gasteiger partial charge on any atom is -0.465 e. The van der Waals surface area contributed by atoms with Crippen LogP contribution in [0.5, 0.6) is 0 Å². The molecule has 0 saturated carbocycles. The summed E-state index contributed by atoms with van der Waals surface area (Å²) in [5.41, 5.74) is 5.65. The molecule has 1 aliphatic rings. The van der Waals surface area contributed by atoms with Gasteiger partial charge in [-0.2, -0.15) is 9.30 Å². The number of carbonyl (C=O) groups is 1. The maximum Gasteiger partial charge on any atom is 0.282 e. The number of nitrogens with zero attached hydrogens (tertiary/aromatic N) is 3. The molecule has 1 aromatic heterocycles. The van der Waals surface area contributed by atoms with Crippen LogP contribution in [0.4, 0.5) is 10.1 Å². The summed E-state index contributed by atoms with van der Waals surface area (Å²) in [7, 11) is 0. The molecular formula is C15H15ClFN5O2. The number of anilines is 1. The standard InChI is InChI=1S/C15H15ClFN5O2/c1-15(5-7-24-14(18)20-15)10-8-9(2-3-11(10)17)19-13(23)12-4-6-22(16)21-12/h2-4,6,8H,5,7H2,1H3,(H2,18,20)(H,19,23)/t15-/m0/s1. The van der Waals surface area contributed by atoms with Gasteiger partial charge in [0.25, 0.3) is 11.9 Å². The number of amidine groups is 1. The van der Waals surface area contributed by atoms with Crippen LogP contribution in [0.25, 0.3) is 0 Å². The van der Waals surface area contributed by atoms with Gasteiger partial charge in [0, 0.05) is 35.6 Å². The van der Waals surface area contributed by atoms with Gasteiger partial charge in [-0.3, -0.25) is 4.79 Å². The molecule has 1 aromatic carbocycles. The van der Waals surface area contributed by atoms with Gasteiger partial charge in [0.2, 0.25) is 0 Å². The fourth-order valence-corrected chi connectivity index (χ4v) is 2.65. The van der Waals surface area contributed by atoms with Crippen molar-refractivity contribution in [1.82, 2.24) is 9.30 Å². The second-order valence-electron chi connectivity index (χ2n) is 5.56. The van der Waals surface area contributed by atoms with E-state index in [4.69, 9.17) is 22.2 Å². The van der Waals surface area contributed by atoms with Crippen LogP contribution in [0.15, 0.2) is 35.5 Å². The van der Waals surface area contributed by atoms with Gasteiger partial charge in [0.15, 0.2) is 5.69 Å². The van der Waals surface area contributed by atoms with Gasteiger partial charge in [-0.1, -0.05) is 0 Å². The summed E-state index contributed by atoms with van der Waals surface area (Å²) in [5, 5.41) is 6.46. The average molecular weight is 352 g/mol. The first-order valence-corrected chi connectivity index (χ1v) is 7.52. The summed E-state index contributed by atoms with van der Waals surface area (Å²) in [6, 6.07) is 5.76. The van der Waals surface area contributed by atoms with Gasteiger partial charge in [0.05, 0.1) is 12.1 Å². The molecule has 2 heterocycles. The van der Waals surface area contributed by atoms with Crippen LogP contribution in [0.2, 0.25) is 0 Å². The van der Waals surface area contributed by atoms with E-state index in [0.717, 1.165) is 4.20 Å². The molecule has 2 aromatic rings. The summed E-state index contributed by atoms with van der Waals surface area (Å²) in [6.45, 7) is 2.11. The molecule has 24 heavy (non-hydrogen) atoms. The Labute approximate surface area is 142 Å². The van der Waals surface area contributed by atoms with E-state index in [1.165, 1.54) is 30.5 Å². The smallest absolute Gasteiger partial charge is 0.282 e. The van der Waals surface area contributed by atoms with E-state index in [1.807, 2.05) is 0 Å². The van der Waals surface area contributed by atoms with Crippen LogP contribution < -0.4 is 11.1 Å². The third-order valence-electron chi connectivity index (χ3n) is 3.79. The number of amides is 1. The van der Waals surface area contributed by atoms with Crippen LogP contribution in [-0.4, -0.2) is 27.8 Å². The predicted octanol–water partition coefficient (Wildman–Crippen LogP) is 2.23. The molecule has 3 rings (SSSR count). The number of aromatic nitrogens is 2. The zero-order valence-electron chi connectivity index (χ0n) is 12.8. The van der Waals surface area contributed by atoms with Gasteiger partial charge in [-0.15, -0.1) is 0 Å². The van der Waals surface area contributed by atoms with Crippen molar-refractivity contribution in [1.29, 1.82) is 0 Å². The van der Waals surface area contributed by atoms with E-state index in [2.05, 4.69) is 15.4 Å². The third-order valence-corrected chi connectivity index (χ3v) is 3.98. The molecule has 0 bridgehead atoms. The quantitative estimate of drug-likeness (QED) is 0.886. The number of nitrogens with one attached hydrogen (secondary N) is 1. The van der Waals surface area contributed by atoms with Crippen molar-refractivity contribution in [2.45, 2.75) is 18.9 Å². The van der Waals surface area contributed by atoms with E-state index in [1.54, 1.807) is 6.92 Å². The SMILES string of the molecule is C[C@@]1(c2cc(NC(=O)c3ccn(Cl)n3)ccc2F)CCOC(N)=N1. The second kappa shape index (κ2) is 6.12. The van der Waals surface area contributed by atoms with E-state index >= 15 is 0 Å². The number of nitrogens with two attached hydrogens (primary N) is 1. The van der Waals surface area contributed by atoms with Crippen LogP contribution >= 0.6 is 11.8 Å². The van der Waals surface area contributed by atoms with Crippen molar-refractivity contribution >= 4 is 29.4 Å². The van der Waals surface area contributed by atoms with Crippen molar-refractivity contribution < 1.29 is 13.9 Å². The number of hydrogen-bond acceptors (Lipinski definition) is 5. The number of halogens is 2. The van der Waals surface area contributed by atoms with Crippen LogP contribution in [0, 0.1) is 5.82 Å². The summed E-state index contributed by atoms with van der Waals surface area (Å²) in [4.78, 5) is 16.3. The average Bonchev–Trinajstić information content (AvgIpc) is 2.95. The van der Waals surface area contributed by atoms with E-state index in [9.17, 15) is 9.18 Å². The number of rotatable bonds is 3. The van der Waals surface area contributed by atoms with E-state index < -0.39 is 17.3 Å². The van der Waals surface area contributed by atoms with E-state index in [0.29, 0.717) is 24.3 Å². The molecule has 0 unspecified atom stereocenters. The molecule has 0 spiro atoms. The molecular weight excluding hydrogens is 337 g/mol. The first kappa shape index (κ1) is 16.3. The predicted molar refractivity (Wildman–Crippen MR) is 87.4 cm³/mol. The van der Waals surface area contributed by atoms with Crippen LogP contribution in [0.1, 0.15) is 29.4 Å². The Morgan fingerprint density at radius 2 is 2.29 bits per heavy atom. The molecule has 9 heteroatoms. The van der Waals surface area contributed by atoms with Gasteiger partial charge < -0.3 is 15.8 Å². The zero-order chi connectivity index (χ0) is 17.3. The lowest BCUT2D eigenvalue weighted by molar-refractivity contribution is 0.102. The highest BCUT2D eigenvalue weighted by molar-refractivity contribution is 6.15. The van der Waals surface area contributed by atoms with Crippen molar-refractivity contribution in [2.75, 3.05) is 11.9 Å². The molecule has 0 aliphatic carbocycles. The maximum absolute atomic E-state index is 14.3. The van der Waals surface area contributed by atoms with Crippen molar-refractivity contribution in [3.63, 3.8) is 0 Å². The molecule has 0 fully saturated rings. The van der Waals surface area contributed by atoms with Gasteiger partial charge in [-0.25, -0.2) is 9.38 Å². The van der Waals surface area contributed by atoms with Crippen molar-refractivity contribution in [3.05, 3.63) is 47.5 Å². The second-order valence-corrected chi connectivity index (χ2v) is 5.91. The summed E-state index contributed by atoms with van der Waals surface area (Å²) < 4.78 is 20.4. The monoisotopic (exact) mass is 351 g/mol. The Bertz CT molecular complexity index is 822. The number of aliphatic imine (C=N–C) groups is 1. The molecule has 7 nitrogen and oxygen atoms in total. The highest BCUT2D eigenvalue weighted by atomic mass is 35.5. The third kappa shape index (κ3) is 3.18. The van der Waals surface area contributed by atoms with Gasteiger partial charge in [0.1, 0.15) is 5.82 Å². The number of carbonyl (C=O) groups excluding carboxylic acids is 1. The largest absolute Gasteiger partial charge is 0.465 e. The number of benzene rings is 1. The molecule has 1 atom stereocenters. The first-order chi connectivity index (χ1) is 11.4. The highest BCUT2D eigenvalue weighted by Crippen LogP contribution is 2.35. The summed E-state index contributed by atoms with van der Waals surface area (Å²) >= 11 is 5.62. The van der Waals surface area contributed by atoms with Crippen LogP contribution in [0.3, 0.4) is 0 Å². The highest BCUT2D eigenvalue weighted by Gasteiger charge is 2.33. The Balaban J connectivity index is 1.89. The normalized spacial score (nSPS) is 20.2. The fourth-order valence-electron chi connectivity index (χ4n) is 2.51. The van der Waals surface area contributed by atoms with Gasteiger partial charge in [-0.05, 0) is 31.2 Å². The maximum atomic E-state index is 14.3. The summed E-state index contributed by atoms with van der Waals surface area (Å²) in [5.74, 6) is -0.883. The van der Waals surface area contributed by atoms with Crippen LogP contribution in [-0.2, 0) is 10.3 Å². The molecule has 3 N–H and O–H groups in total. The minimum atomic E-state index is -0.856.